The first-order valence-corrected chi connectivity index (χ1v) is 6.20. The molecule has 0 aliphatic carbocycles. The van der Waals surface area contributed by atoms with Crippen molar-refractivity contribution in [1.82, 2.24) is 4.90 Å². The fraction of sp³-hybridized carbons (Fsp3) is 0.429. The minimum absolute atomic E-state index is 0.00564. The number of benzene rings is 1. The minimum Gasteiger partial charge on any atom is -0.497 e. The first kappa shape index (κ1) is 14.2. The maximum atomic E-state index is 11.8. The van der Waals surface area contributed by atoms with Crippen LogP contribution < -0.4 is 9.47 Å². The van der Waals surface area contributed by atoms with Crippen molar-refractivity contribution in [3.05, 3.63) is 23.8 Å². The molecule has 2 unspecified atom stereocenters. The number of rotatable bonds is 4. The monoisotopic (exact) mass is 279 g/mol. The summed E-state index contributed by atoms with van der Waals surface area (Å²) in [5, 5.41) is 9.30. The molecule has 108 valence electrons. The van der Waals surface area contributed by atoms with Gasteiger partial charge in [-0.25, -0.2) is 0 Å². The van der Waals surface area contributed by atoms with Crippen molar-refractivity contribution in [2.45, 2.75) is 12.5 Å². The zero-order valence-electron chi connectivity index (χ0n) is 11.6. The molecule has 6 heteroatoms. The van der Waals surface area contributed by atoms with E-state index in [2.05, 4.69) is 0 Å². The molecule has 1 aromatic rings. The second-order valence-electron chi connectivity index (χ2n) is 4.71. The van der Waals surface area contributed by atoms with E-state index in [1.54, 1.807) is 32.4 Å². The van der Waals surface area contributed by atoms with Crippen LogP contribution in [0, 0.1) is 5.92 Å². The van der Waals surface area contributed by atoms with Crippen molar-refractivity contribution < 1.29 is 24.2 Å². The maximum Gasteiger partial charge on any atom is 0.309 e. The van der Waals surface area contributed by atoms with Crippen molar-refractivity contribution in [3.63, 3.8) is 0 Å². The Morgan fingerprint density at radius 1 is 1.35 bits per heavy atom. The predicted octanol–water partition coefficient (Wildman–Crippen LogP) is 1.31. The van der Waals surface area contributed by atoms with Gasteiger partial charge in [-0.1, -0.05) is 0 Å². The summed E-state index contributed by atoms with van der Waals surface area (Å²) in [6, 6.07) is 4.63. The summed E-state index contributed by atoms with van der Waals surface area (Å²) >= 11 is 0. The van der Waals surface area contributed by atoms with Crippen LogP contribution in [-0.4, -0.2) is 43.2 Å². The molecule has 1 N–H and O–H groups in total. The number of amides is 1. The van der Waals surface area contributed by atoms with Gasteiger partial charge in [-0.15, -0.1) is 0 Å². The van der Waals surface area contributed by atoms with E-state index in [0.29, 0.717) is 17.1 Å². The lowest BCUT2D eigenvalue weighted by atomic mass is 9.93. The van der Waals surface area contributed by atoms with Gasteiger partial charge in [0.25, 0.3) is 0 Å². The van der Waals surface area contributed by atoms with Gasteiger partial charge in [0, 0.05) is 25.1 Å². The van der Waals surface area contributed by atoms with E-state index in [1.165, 1.54) is 12.0 Å². The minimum atomic E-state index is -0.981. The Balaban J connectivity index is 2.47. The van der Waals surface area contributed by atoms with Gasteiger partial charge in [0.15, 0.2) is 0 Å². The van der Waals surface area contributed by atoms with Crippen molar-refractivity contribution in [2.75, 3.05) is 21.3 Å². The van der Waals surface area contributed by atoms with Gasteiger partial charge in [-0.05, 0) is 12.1 Å². The molecule has 1 aliphatic rings. The van der Waals surface area contributed by atoms with Crippen molar-refractivity contribution in [2.24, 2.45) is 5.92 Å². The molecule has 2 atom stereocenters. The third kappa shape index (κ3) is 2.29. The Bertz CT molecular complexity index is 542. The number of carboxylic acid groups (broad SMARTS) is 1. The Morgan fingerprint density at radius 2 is 2.05 bits per heavy atom. The lowest BCUT2D eigenvalue weighted by Gasteiger charge is -2.25. The topological polar surface area (TPSA) is 76.1 Å². The molecule has 1 amide bonds. The third-order valence-electron chi connectivity index (χ3n) is 3.66. The lowest BCUT2D eigenvalue weighted by Crippen LogP contribution is -2.27. The van der Waals surface area contributed by atoms with E-state index in [4.69, 9.17) is 9.47 Å². The molecule has 1 heterocycles. The highest BCUT2D eigenvalue weighted by Gasteiger charge is 2.44. The molecule has 0 radical (unpaired) electrons. The fourth-order valence-corrected chi connectivity index (χ4v) is 2.58. The van der Waals surface area contributed by atoms with Crippen molar-refractivity contribution >= 4 is 11.9 Å². The van der Waals surface area contributed by atoms with Gasteiger partial charge in [0.05, 0.1) is 26.2 Å². The first-order valence-electron chi connectivity index (χ1n) is 6.20. The Kier molecular flexibility index (Phi) is 3.83. The quantitative estimate of drug-likeness (QED) is 0.899. The number of carbonyl (C=O) groups is 2. The van der Waals surface area contributed by atoms with Crippen molar-refractivity contribution in [3.8, 4) is 11.5 Å². The highest BCUT2D eigenvalue weighted by molar-refractivity contribution is 5.87. The lowest BCUT2D eigenvalue weighted by molar-refractivity contribution is -0.142. The molecule has 0 saturated carbocycles. The van der Waals surface area contributed by atoms with Crippen LogP contribution in [0.15, 0.2) is 18.2 Å². The SMILES string of the molecule is COc1ccc(C2C(C(=O)O)CC(=O)N2C)c(OC)c1. The van der Waals surface area contributed by atoms with Crippen LogP contribution in [0.25, 0.3) is 0 Å². The predicted molar refractivity (Wildman–Crippen MR) is 70.8 cm³/mol. The number of carbonyl (C=O) groups excluding carboxylic acids is 1. The number of methoxy groups -OCH3 is 2. The summed E-state index contributed by atoms with van der Waals surface area (Å²) in [6.07, 6.45) is 0.00564. The summed E-state index contributed by atoms with van der Waals surface area (Å²) in [4.78, 5) is 24.6. The number of nitrogens with zero attached hydrogens (tertiary/aromatic N) is 1. The molecule has 0 bridgehead atoms. The molecule has 1 aliphatic heterocycles. The largest absolute Gasteiger partial charge is 0.497 e. The molecule has 1 aromatic carbocycles. The summed E-state index contributed by atoms with van der Waals surface area (Å²) in [6.45, 7) is 0. The second kappa shape index (κ2) is 5.40. The highest BCUT2D eigenvalue weighted by Crippen LogP contribution is 2.42. The maximum absolute atomic E-state index is 11.8. The second-order valence-corrected chi connectivity index (χ2v) is 4.71. The highest BCUT2D eigenvalue weighted by atomic mass is 16.5. The van der Waals surface area contributed by atoms with Gasteiger partial charge >= 0.3 is 5.97 Å². The van der Waals surface area contributed by atoms with E-state index in [0.717, 1.165) is 0 Å². The fourth-order valence-electron chi connectivity index (χ4n) is 2.58. The van der Waals surface area contributed by atoms with Gasteiger partial charge in [0.2, 0.25) is 5.91 Å². The first-order chi connectivity index (χ1) is 9.49. The van der Waals surface area contributed by atoms with E-state index >= 15 is 0 Å². The van der Waals surface area contributed by atoms with E-state index < -0.39 is 17.9 Å². The van der Waals surface area contributed by atoms with E-state index in [1.807, 2.05) is 0 Å². The van der Waals surface area contributed by atoms with Crippen LogP contribution >= 0.6 is 0 Å². The normalized spacial score (nSPS) is 21.9. The number of carboxylic acids is 1. The molecular formula is C14H17NO5. The van der Waals surface area contributed by atoms with Crippen LogP contribution in [0.3, 0.4) is 0 Å². The van der Waals surface area contributed by atoms with E-state index in [-0.39, 0.29) is 12.3 Å². The summed E-state index contributed by atoms with van der Waals surface area (Å²) in [7, 11) is 4.66. The van der Waals surface area contributed by atoms with Crippen LogP contribution in [-0.2, 0) is 9.59 Å². The smallest absolute Gasteiger partial charge is 0.309 e. The Morgan fingerprint density at radius 3 is 2.60 bits per heavy atom. The molecule has 1 saturated heterocycles. The summed E-state index contributed by atoms with van der Waals surface area (Å²) in [5.41, 5.74) is 0.675. The summed E-state index contributed by atoms with van der Waals surface area (Å²) < 4.78 is 10.4. The molecule has 1 fully saturated rings. The molecular weight excluding hydrogens is 262 g/mol. The van der Waals surface area contributed by atoms with Crippen LogP contribution in [0.1, 0.15) is 18.0 Å². The Labute approximate surface area is 116 Å². The van der Waals surface area contributed by atoms with Crippen molar-refractivity contribution in [1.29, 1.82) is 0 Å². The molecule has 6 nitrogen and oxygen atoms in total. The van der Waals surface area contributed by atoms with Crippen LogP contribution in [0.4, 0.5) is 0 Å². The van der Waals surface area contributed by atoms with Gasteiger partial charge < -0.3 is 19.5 Å². The number of likely N-dealkylation sites (tertiary alicyclic amines) is 1. The zero-order chi connectivity index (χ0) is 14.9. The Hall–Kier alpha value is -2.24. The van der Waals surface area contributed by atoms with Gasteiger partial charge in [-0.3, -0.25) is 9.59 Å². The van der Waals surface area contributed by atoms with Crippen LogP contribution in [0.5, 0.6) is 11.5 Å². The van der Waals surface area contributed by atoms with Gasteiger partial charge in [0.1, 0.15) is 11.5 Å². The van der Waals surface area contributed by atoms with Gasteiger partial charge in [-0.2, -0.15) is 0 Å². The molecule has 0 spiro atoms. The number of aliphatic carboxylic acids is 1. The number of ether oxygens (including phenoxy) is 2. The standard InChI is InChI=1S/C14H17NO5/c1-15-12(16)7-10(14(17)18)13(15)9-5-4-8(19-2)6-11(9)20-3/h4-6,10,13H,7H2,1-3H3,(H,17,18). The number of hydrogen-bond acceptors (Lipinski definition) is 4. The van der Waals surface area contributed by atoms with E-state index in [9.17, 15) is 14.7 Å². The average Bonchev–Trinajstić information content (AvgIpc) is 2.74. The molecule has 0 aromatic heterocycles. The molecule has 2 rings (SSSR count). The average molecular weight is 279 g/mol. The molecule has 20 heavy (non-hydrogen) atoms. The zero-order valence-corrected chi connectivity index (χ0v) is 11.6. The number of hydrogen-bond donors (Lipinski definition) is 1. The third-order valence-corrected chi connectivity index (χ3v) is 3.66. The van der Waals surface area contributed by atoms with Crippen LogP contribution in [0.2, 0.25) is 0 Å². The summed E-state index contributed by atoms with van der Waals surface area (Å²) in [5.74, 6) is -0.799.